The number of piperazine rings is 1. The van der Waals surface area contributed by atoms with E-state index in [2.05, 4.69) is 0 Å². The van der Waals surface area contributed by atoms with Crippen LogP contribution in [0.5, 0.6) is 0 Å². The maximum atomic E-state index is 12.5. The number of hydrogen-bond donors (Lipinski definition) is 1. The summed E-state index contributed by atoms with van der Waals surface area (Å²) in [5.74, 6) is -0.755. The minimum absolute atomic E-state index is 0.142. The molecular formula is C19H26N2O5. The zero-order valence-corrected chi connectivity index (χ0v) is 15.6. The van der Waals surface area contributed by atoms with Gasteiger partial charge in [-0.3, -0.25) is 9.80 Å². The van der Waals surface area contributed by atoms with Crippen molar-refractivity contribution in [3.63, 3.8) is 0 Å². The lowest BCUT2D eigenvalue weighted by molar-refractivity contribution is -0.201. The number of methoxy groups -OCH3 is 1. The van der Waals surface area contributed by atoms with Crippen molar-refractivity contribution in [3.8, 4) is 0 Å². The second-order valence-electron chi connectivity index (χ2n) is 7.87. The van der Waals surface area contributed by atoms with Crippen LogP contribution in [0.15, 0.2) is 30.3 Å². The number of nitrogens with zero attached hydrogens (tertiary/aromatic N) is 2. The van der Waals surface area contributed by atoms with Gasteiger partial charge < -0.3 is 14.6 Å². The van der Waals surface area contributed by atoms with Crippen LogP contribution in [0.4, 0.5) is 4.79 Å². The molecule has 2 saturated heterocycles. The lowest BCUT2D eigenvalue weighted by atomic mass is 10.0. The molecule has 7 nitrogen and oxygen atoms in total. The first kappa shape index (κ1) is 18.7. The predicted molar refractivity (Wildman–Crippen MR) is 94.1 cm³/mol. The van der Waals surface area contributed by atoms with Crippen molar-refractivity contribution in [2.45, 2.75) is 57.1 Å². The van der Waals surface area contributed by atoms with Gasteiger partial charge in [-0.15, -0.1) is 0 Å². The van der Waals surface area contributed by atoms with Gasteiger partial charge in [0.15, 0.2) is 0 Å². The smallest absolute Gasteiger partial charge is 0.410 e. The summed E-state index contributed by atoms with van der Waals surface area (Å²) in [7, 11) is 1.24. The largest absolute Gasteiger partial charge is 0.466 e. The zero-order chi connectivity index (χ0) is 19.1. The lowest BCUT2D eigenvalue weighted by Gasteiger charge is -2.45. The summed E-state index contributed by atoms with van der Waals surface area (Å²) in [5, 5.41) is 11.3. The van der Waals surface area contributed by atoms with Gasteiger partial charge in [-0.05, 0) is 32.8 Å². The van der Waals surface area contributed by atoms with E-state index in [0.29, 0.717) is 19.5 Å². The first-order chi connectivity index (χ1) is 12.2. The number of carbonyl (C=O) groups excluding carboxylic acids is 2. The minimum atomic E-state index is -1.88. The molecule has 1 aromatic carbocycles. The molecule has 0 saturated carbocycles. The summed E-state index contributed by atoms with van der Waals surface area (Å²) < 4.78 is 10.3. The molecule has 1 amide bonds. The fourth-order valence-electron chi connectivity index (χ4n) is 3.85. The van der Waals surface area contributed by atoms with Crippen molar-refractivity contribution in [2.75, 3.05) is 13.7 Å². The van der Waals surface area contributed by atoms with E-state index < -0.39 is 29.4 Å². The SMILES string of the molecule is COC(=O)C1(O)C2CC(CN2C(=O)OC(C)(C)C)N1Cc1ccccc1. The van der Waals surface area contributed by atoms with E-state index >= 15 is 0 Å². The molecule has 1 N–H and O–H groups in total. The highest BCUT2D eigenvalue weighted by Crippen LogP contribution is 2.44. The standard InChI is InChI=1S/C19H26N2O5/c1-18(2,3)26-17(23)20-12-14-10-15(20)19(24,16(22)25-4)21(14)11-13-8-6-5-7-9-13/h5-9,14-15,24H,10-12H2,1-4H3. The van der Waals surface area contributed by atoms with Crippen molar-refractivity contribution >= 4 is 12.1 Å². The maximum Gasteiger partial charge on any atom is 0.410 e. The number of esters is 1. The molecule has 0 aliphatic carbocycles. The summed E-state index contributed by atoms with van der Waals surface area (Å²) in [6, 6.07) is 8.78. The molecule has 2 fully saturated rings. The molecule has 0 aromatic heterocycles. The molecule has 2 bridgehead atoms. The highest BCUT2D eigenvalue weighted by atomic mass is 16.6. The third-order valence-corrected chi connectivity index (χ3v) is 4.93. The molecular weight excluding hydrogens is 336 g/mol. The molecule has 2 aliphatic heterocycles. The Balaban J connectivity index is 1.87. The molecule has 3 rings (SSSR count). The van der Waals surface area contributed by atoms with Crippen LogP contribution in [0, 0.1) is 0 Å². The van der Waals surface area contributed by atoms with Crippen molar-refractivity contribution in [3.05, 3.63) is 35.9 Å². The van der Waals surface area contributed by atoms with Gasteiger partial charge in [0.25, 0.3) is 0 Å². The van der Waals surface area contributed by atoms with E-state index in [1.165, 1.54) is 12.0 Å². The monoisotopic (exact) mass is 362 g/mol. The molecule has 0 radical (unpaired) electrons. The molecule has 26 heavy (non-hydrogen) atoms. The molecule has 142 valence electrons. The molecule has 1 aromatic rings. The van der Waals surface area contributed by atoms with Gasteiger partial charge in [-0.1, -0.05) is 30.3 Å². The fraction of sp³-hybridized carbons (Fsp3) is 0.579. The maximum absolute atomic E-state index is 12.5. The van der Waals surface area contributed by atoms with Gasteiger partial charge in [0.2, 0.25) is 5.72 Å². The number of rotatable bonds is 3. The summed E-state index contributed by atoms with van der Waals surface area (Å²) in [6.07, 6.45) is -0.0239. The van der Waals surface area contributed by atoms with Crippen LogP contribution < -0.4 is 0 Å². The second-order valence-corrected chi connectivity index (χ2v) is 7.87. The first-order valence-electron chi connectivity index (χ1n) is 8.78. The minimum Gasteiger partial charge on any atom is -0.466 e. The predicted octanol–water partition coefficient (Wildman–Crippen LogP) is 1.74. The van der Waals surface area contributed by atoms with Crippen LogP contribution in [0.2, 0.25) is 0 Å². The summed E-state index contributed by atoms with van der Waals surface area (Å²) in [5.41, 5.74) is -1.55. The van der Waals surface area contributed by atoms with Gasteiger partial charge in [-0.2, -0.15) is 0 Å². The van der Waals surface area contributed by atoms with Gasteiger partial charge >= 0.3 is 12.1 Å². The van der Waals surface area contributed by atoms with Crippen molar-refractivity contribution < 1.29 is 24.2 Å². The van der Waals surface area contributed by atoms with Gasteiger partial charge in [-0.25, -0.2) is 9.59 Å². The average molecular weight is 362 g/mol. The second kappa shape index (κ2) is 6.55. The summed E-state index contributed by atoms with van der Waals surface area (Å²) in [6.45, 7) is 6.16. The highest BCUT2D eigenvalue weighted by molar-refractivity contribution is 5.82. The van der Waals surface area contributed by atoms with E-state index in [4.69, 9.17) is 9.47 Å². The fourth-order valence-corrected chi connectivity index (χ4v) is 3.85. The number of fused-ring (bicyclic) bond motifs is 2. The van der Waals surface area contributed by atoms with Crippen molar-refractivity contribution in [1.82, 2.24) is 9.80 Å². The Labute approximate surface area is 153 Å². The van der Waals surface area contributed by atoms with E-state index in [1.807, 2.05) is 30.3 Å². The Morgan fingerprint density at radius 2 is 1.92 bits per heavy atom. The van der Waals surface area contributed by atoms with Gasteiger partial charge in [0.1, 0.15) is 5.60 Å². The van der Waals surface area contributed by atoms with Crippen LogP contribution in [0.3, 0.4) is 0 Å². The third-order valence-electron chi connectivity index (χ3n) is 4.93. The van der Waals surface area contributed by atoms with Gasteiger partial charge in [0, 0.05) is 19.1 Å². The summed E-state index contributed by atoms with van der Waals surface area (Å²) in [4.78, 5) is 28.2. The number of likely N-dealkylation sites (tertiary alicyclic amines) is 2. The van der Waals surface area contributed by atoms with Crippen LogP contribution in [0.1, 0.15) is 32.8 Å². The van der Waals surface area contributed by atoms with Crippen molar-refractivity contribution in [2.24, 2.45) is 0 Å². The van der Waals surface area contributed by atoms with E-state index in [9.17, 15) is 14.7 Å². The Morgan fingerprint density at radius 1 is 1.27 bits per heavy atom. The van der Waals surface area contributed by atoms with Crippen LogP contribution in [-0.4, -0.2) is 64.0 Å². The topological polar surface area (TPSA) is 79.3 Å². The third kappa shape index (κ3) is 3.17. The number of ether oxygens (including phenoxy) is 2. The number of aliphatic hydroxyl groups is 1. The quantitative estimate of drug-likeness (QED) is 0.825. The number of carbonyl (C=O) groups is 2. The Morgan fingerprint density at radius 3 is 2.50 bits per heavy atom. The average Bonchev–Trinajstić information content (AvgIpc) is 3.13. The van der Waals surface area contributed by atoms with Crippen LogP contribution in [-0.2, 0) is 20.8 Å². The van der Waals surface area contributed by atoms with E-state index in [1.54, 1.807) is 25.7 Å². The molecule has 2 heterocycles. The number of benzene rings is 1. The van der Waals surface area contributed by atoms with Crippen molar-refractivity contribution in [1.29, 1.82) is 0 Å². The molecule has 0 spiro atoms. The molecule has 7 heteroatoms. The zero-order valence-electron chi connectivity index (χ0n) is 15.6. The van der Waals surface area contributed by atoms with E-state index in [0.717, 1.165) is 5.56 Å². The highest BCUT2D eigenvalue weighted by Gasteiger charge is 2.65. The molecule has 3 unspecified atom stereocenters. The van der Waals surface area contributed by atoms with Crippen LogP contribution in [0.25, 0.3) is 0 Å². The van der Waals surface area contributed by atoms with E-state index in [-0.39, 0.29) is 6.04 Å². The Hall–Kier alpha value is -2.12. The Bertz CT molecular complexity index is 687. The first-order valence-corrected chi connectivity index (χ1v) is 8.78. The number of hydrogen-bond acceptors (Lipinski definition) is 6. The molecule has 2 aliphatic rings. The Kier molecular flexibility index (Phi) is 4.71. The summed E-state index contributed by atoms with van der Waals surface area (Å²) >= 11 is 0. The van der Waals surface area contributed by atoms with Gasteiger partial charge in [0.05, 0.1) is 13.2 Å². The number of amides is 1. The van der Waals surface area contributed by atoms with Crippen LogP contribution >= 0.6 is 0 Å². The molecule has 3 atom stereocenters. The normalized spacial score (nSPS) is 28.3. The lowest BCUT2D eigenvalue weighted by Crippen LogP contribution is -2.67.